The maximum absolute atomic E-state index is 10.6. The highest BCUT2D eigenvalue weighted by Crippen LogP contribution is 1.99. The van der Waals surface area contributed by atoms with Crippen LogP contribution in [0.5, 0.6) is 0 Å². The molecule has 1 aromatic rings. The Bertz CT molecular complexity index is 358. The van der Waals surface area contributed by atoms with Gasteiger partial charge in [-0.15, -0.1) is 0 Å². The van der Waals surface area contributed by atoms with Crippen LogP contribution in [0.15, 0.2) is 41.5 Å². The summed E-state index contributed by atoms with van der Waals surface area (Å²) >= 11 is 0. The smallest absolute Gasteiger partial charge is 0.427 e. The third kappa shape index (κ3) is 4.61. The molecule has 0 aliphatic carbocycles. The molecule has 0 aliphatic rings. The number of rotatable bonds is 3. The second-order valence-electron chi connectivity index (χ2n) is 2.65. The number of carbonyl (C=O) groups is 1. The Morgan fingerprint density at radius 2 is 2.13 bits per heavy atom. The summed E-state index contributed by atoms with van der Waals surface area (Å²) in [4.78, 5) is 10.6. The molecule has 78 valence electrons. The van der Waals surface area contributed by atoms with Crippen LogP contribution in [-0.4, -0.2) is 19.4 Å². The highest BCUT2D eigenvalue weighted by atomic mass is 16.5. The number of benzene rings is 1. The van der Waals surface area contributed by atoms with Gasteiger partial charge in [-0.25, -0.2) is 10.2 Å². The number of hydrogen-bond acceptors (Lipinski definition) is 3. The van der Waals surface area contributed by atoms with Gasteiger partial charge in [0.05, 0.1) is 7.11 Å². The molecule has 0 atom stereocenters. The Balaban J connectivity index is 2.37. The molecule has 0 bridgehead atoms. The molecule has 15 heavy (non-hydrogen) atoms. The first-order chi connectivity index (χ1) is 7.33. The Hall–Kier alpha value is -2.10. The number of ether oxygens (including phenoxy) is 1. The molecule has 0 spiro atoms. The first kappa shape index (κ1) is 11.0. The molecule has 0 aromatic heterocycles. The molecule has 1 N–H and O–H groups in total. The van der Waals surface area contributed by atoms with Crippen molar-refractivity contribution in [2.24, 2.45) is 5.10 Å². The molecule has 0 fully saturated rings. The first-order valence-electron chi connectivity index (χ1n) is 4.41. The molecular formula is C11H12N2O2. The van der Waals surface area contributed by atoms with E-state index >= 15 is 0 Å². The molecule has 1 aromatic carbocycles. The molecule has 0 heterocycles. The van der Waals surface area contributed by atoms with E-state index in [4.69, 9.17) is 0 Å². The van der Waals surface area contributed by atoms with Crippen molar-refractivity contribution in [2.45, 2.75) is 0 Å². The van der Waals surface area contributed by atoms with Crippen molar-refractivity contribution in [1.29, 1.82) is 0 Å². The normalized spacial score (nSPS) is 10.7. The van der Waals surface area contributed by atoms with Crippen LogP contribution in [0.2, 0.25) is 0 Å². The minimum absolute atomic E-state index is 0.584. The summed E-state index contributed by atoms with van der Waals surface area (Å²) < 4.78 is 4.33. The van der Waals surface area contributed by atoms with Gasteiger partial charge in [0.25, 0.3) is 0 Å². The zero-order valence-corrected chi connectivity index (χ0v) is 8.38. The average molecular weight is 204 g/mol. The Morgan fingerprint density at radius 1 is 1.40 bits per heavy atom. The zero-order valence-electron chi connectivity index (χ0n) is 8.38. The summed E-state index contributed by atoms with van der Waals surface area (Å²) in [6.45, 7) is 0. The largest absolute Gasteiger partial charge is 0.452 e. The quantitative estimate of drug-likeness (QED) is 0.605. The van der Waals surface area contributed by atoms with Crippen LogP contribution in [0.3, 0.4) is 0 Å². The lowest BCUT2D eigenvalue weighted by atomic mass is 10.2. The minimum atomic E-state index is -0.584. The maximum atomic E-state index is 10.6. The van der Waals surface area contributed by atoms with Gasteiger partial charge >= 0.3 is 6.09 Å². The van der Waals surface area contributed by atoms with Crippen molar-refractivity contribution in [3.8, 4) is 0 Å². The van der Waals surface area contributed by atoms with Crippen molar-refractivity contribution in [1.82, 2.24) is 5.43 Å². The third-order valence-electron chi connectivity index (χ3n) is 1.59. The number of allylic oxidation sites excluding steroid dienone is 1. The molecule has 1 amide bonds. The highest BCUT2D eigenvalue weighted by Gasteiger charge is 1.90. The lowest BCUT2D eigenvalue weighted by Gasteiger charge is -1.93. The van der Waals surface area contributed by atoms with Crippen LogP contribution in [0.1, 0.15) is 5.56 Å². The number of carbonyl (C=O) groups excluding carboxylic acids is 1. The van der Waals surface area contributed by atoms with Gasteiger partial charge in [-0.2, -0.15) is 5.10 Å². The highest BCUT2D eigenvalue weighted by molar-refractivity contribution is 5.79. The topological polar surface area (TPSA) is 50.7 Å². The van der Waals surface area contributed by atoms with Crippen LogP contribution >= 0.6 is 0 Å². The van der Waals surface area contributed by atoms with Gasteiger partial charge in [0, 0.05) is 6.21 Å². The van der Waals surface area contributed by atoms with Gasteiger partial charge in [-0.05, 0) is 11.6 Å². The third-order valence-corrected chi connectivity index (χ3v) is 1.59. The van der Waals surface area contributed by atoms with Crippen LogP contribution in [0.4, 0.5) is 4.79 Å². The fourth-order valence-electron chi connectivity index (χ4n) is 0.897. The fraction of sp³-hybridized carbons (Fsp3) is 0.0909. The van der Waals surface area contributed by atoms with E-state index in [1.54, 1.807) is 6.08 Å². The summed E-state index contributed by atoms with van der Waals surface area (Å²) in [5.74, 6) is 0. The molecule has 0 unspecified atom stereocenters. The Morgan fingerprint density at radius 3 is 2.80 bits per heavy atom. The van der Waals surface area contributed by atoms with Gasteiger partial charge in [0.2, 0.25) is 0 Å². The Labute approximate surface area is 88.3 Å². The Kier molecular flexibility index (Phi) is 4.66. The van der Waals surface area contributed by atoms with Gasteiger partial charge in [-0.1, -0.05) is 36.4 Å². The van der Waals surface area contributed by atoms with Gasteiger partial charge in [0.15, 0.2) is 0 Å². The standard InChI is InChI=1S/C11H12N2O2/c1-15-11(14)13-12-9-5-8-10-6-3-2-4-7-10/h2-9H,1H3,(H,13,14)/b8-5+,12-9-. The van der Waals surface area contributed by atoms with Gasteiger partial charge < -0.3 is 4.74 Å². The molecule has 0 radical (unpaired) electrons. The van der Waals surface area contributed by atoms with Gasteiger partial charge in [0.1, 0.15) is 0 Å². The number of nitrogens with one attached hydrogen (secondary N) is 1. The second-order valence-corrected chi connectivity index (χ2v) is 2.65. The fourth-order valence-corrected chi connectivity index (χ4v) is 0.897. The van der Waals surface area contributed by atoms with E-state index in [-0.39, 0.29) is 0 Å². The van der Waals surface area contributed by atoms with Crippen molar-refractivity contribution in [3.63, 3.8) is 0 Å². The van der Waals surface area contributed by atoms with Crippen molar-refractivity contribution in [2.75, 3.05) is 7.11 Å². The van der Waals surface area contributed by atoms with E-state index in [1.165, 1.54) is 13.3 Å². The molecule has 4 nitrogen and oxygen atoms in total. The van der Waals surface area contributed by atoms with Crippen LogP contribution in [-0.2, 0) is 4.74 Å². The number of methoxy groups -OCH3 is 1. The summed E-state index contributed by atoms with van der Waals surface area (Å²) in [6, 6.07) is 9.79. The monoisotopic (exact) mass is 204 g/mol. The van der Waals surface area contributed by atoms with Crippen molar-refractivity contribution in [3.05, 3.63) is 42.0 Å². The predicted molar refractivity (Wildman–Crippen MR) is 59.5 cm³/mol. The lowest BCUT2D eigenvalue weighted by molar-refractivity contribution is 0.171. The lowest BCUT2D eigenvalue weighted by Crippen LogP contribution is -2.16. The number of nitrogens with zero attached hydrogens (tertiary/aromatic N) is 1. The molecule has 4 heteroatoms. The summed E-state index contributed by atoms with van der Waals surface area (Å²) in [7, 11) is 1.28. The molecule has 0 saturated heterocycles. The van der Waals surface area contributed by atoms with Crippen molar-refractivity contribution < 1.29 is 9.53 Å². The van der Waals surface area contributed by atoms with Crippen LogP contribution in [0.25, 0.3) is 6.08 Å². The van der Waals surface area contributed by atoms with E-state index < -0.39 is 6.09 Å². The average Bonchev–Trinajstić information content (AvgIpc) is 2.29. The minimum Gasteiger partial charge on any atom is -0.452 e. The number of amides is 1. The van der Waals surface area contributed by atoms with E-state index in [0.717, 1.165) is 5.56 Å². The molecule has 0 saturated carbocycles. The zero-order chi connectivity index (χ0) is 10.9. The molecular weight excluding hydrogens is 192 g/mol. The first-order valence-corrected chi connectivity index (χ1v) is 4.41. The maximum Gasteiger partial charge on any atom is 0.427 e. The van der Waals surface area contributed by atoms with E-state index in [9.17, 15) is 4.79 Å². The van der Waals surface area contributed by atoms with E-state index in [0.29, 0.717) is 0 Å². The number of hydrazone groups is 1. The number of hydrogen-bond donors (Lipinski definition) is 1. The predicted octanol–water partition coefficient (Wildman–Crippen LogP) is 2.04. The van der Waals surface area contributed by atoms with Crippen LogP contribution < -0.4 is 5.43 Å². The molecule has 1 rings (SSSR count). The van der Waals surface area contributed by atoms with Crippen molar-refractivity contribution >= 4 is 18.4 Å². The SMILES string of the molecule is COC(=O)N/N=C\C=C\c1ccccc1. The van der Waals surface area contributed by atoms with E-state index in [1.807, 2.05) is 36.4 Å². The summed E-state index contributed by atoms with van der Waals surface area (Å²) in [5, 5.41) is 3.62. The molecule has 0 aliphatic heterocycles. The van der Waals surface area contributed by atoms with E-state index in [2.05, 4.69) is 15.3 Å². The summed E-state index contributed by atoms with van der Waals surface area (Å²) in [6.07, 6.45) is 4.50. The van der Waals surface area contributed by atoms with Crippen LogP contribution in [0, 0.1) is 0 Å². The second kappa shape index (κ2) is 6.37. The van der Waals surface area contributed by atoms with Gasteiger partial charge in [-0.3, -0.25) is 0 Å². The summed E-state index contributed by atoms with van der Waals surface area (Å²) in [5.41, 5.74) is 3.25.